The second-order valence-corrected chi connectivity index (χ2v) is 5.45. The van der Waals surface area contributed by atoms with Crippen LogP contribution in [0.1, 0.15) is 49.4 Å². The number of amides is 1. The standard InChI is InChI=1S/C18H23N3O2/c1-2-3-4-5-6-11-23-16-9-7-14(8-10-16)18-20-12-15(13-21-18)17(19)22/h7-10,12-13H,2-6,11H2,1H3,(H2,19,22). The van der Waals surface area contributed by atoms with Crippen LogP contribution in [0.25, 0.3) is 11.4 Å². The van der Waals surface area contributed by atoms with Crippen molar-refractivity contribution in [1.82, 2.24) is 9.97 Å². The summed E-state index contributed by atoms with van der Waals surface area (Å²) in [6, 6.07) is 7.64. The minimum atomic E-state index is -0.528. The SMILES string of the molecule is CCCCCCCOc1ccc(-c2ncc(C(N)=O)cn2)cc1. The van der Waals surface area contributed by atoms with Gasteiger partial charge in [-0.3, -0.25) is 4.79 Å². The highest BCUT2D eigenvalue weighted by Crippen LogP contribution is 2.19. The fraction of sp³-hybridized carbons (Fsp3) is 0.389. The maximum Gasteiger partial charge on any atom is 0.251 e. The van der Waals surface area contributed by atoms with E-state index >= 15 is 0 Å². The maximum atomic E-state index is 11.0. The van der Waals surface area contributed by atoms with E-state index in [0.29, 0.717) is 11.4 Å². The van der Waals surface area contributed by atoms with Gasteiger partial charge in [-0.15, -0.1) is 0 Å². The van der Waals surface area contributed by atoms with Crippen LogP contribution in [0.15, 0.2) is 36.7 Å². The number of benzene rings is 1. The molecule has 0 bridgehead atoms. The lowest BCUT2D eigenvalue weighted by molar-refractivity contribution is 0.0999. The highest BCUT2D eigenvalue weighted by molar-refractivity contribution is 5.92. The molecule has 122 valence electrons. The number of nitrogens with two attached hydrogens (primary N) is 1. The molecule has 5 heteroatoms. The summed E-state index contributed by atoms with van der Waals surface area (Å²) in [5.41, 5.74) is 6.35. The number of ether oxygens (including phenoxy) is 1. The van der Waals surface area contributed by atoms with Crippen molar-refractivity contribution in [3.63, 3.8) is 0 Å². The van der Waals surface area contributed by atoms with E-state index in [-0.39, 0.29) is 0 Å². The Balaban J connectivity index is 1.85. The molecule has 2 N–H and O–H groups in total. The third kappa shape index (κ3) is 5.36. The summed E-state index contributed by atoms with van der Waals surface area (Å²) >= 11 is 0. The lowest BCUT2D eigenvalue weighted by Gasteiger charge is -2.07. The molecule has 0 fully saturated rings. The van der Waals surface area contributed by atoms with Crippen LogP contribution in [0, 0.1) is 0 Å². The average molecular weight is 313 g/mol. The Hall–Kier alpha value is -2.43. The van der Waals surface area contributed by atoms with Crippen molar-refractivity contribution in [3.8, 4) is 17.1 Å². The molecule has 1 aromatic heterocycles. The van der Waals surface area contributed by atoms with Crippen LogP contribution in [0.5, 0.6) is 5.75 Å². The van der Waals surface area contributed by atoms with Gasteiger partial charge in [-0.05, 0) is 30.7 Å². The molecule has 0 aliphatic rings. The van der Waals surface area contributed by atoms with E-state index in [1.165, 1.54) is 38.1 Å². The minimum Gasteiger partial charge on any atom is -0.494 e. The van der Waals surface area contributed by atoms with Gasteiger partial charge in [-0.2, -0.15) is 0 Å². The Morgan fingerprint density at radius 3 is 2.30 bits per heavy atom. The Morgan fingerprint density at radius 2 is 1.70 bits per heavy atom. The van der Waals surface area contributed by atoms with Gasteiger partial charge in [0.25, 0.3) is 5.91 Å². The first-order chi connectivity index (χ1) is 11.2. The van der Waals surface area contributed by atoms with E-state index in [1.54, 1.807) is 0 Å². The molecule has 2 aromatic rings. The molecule has 1 heterocycles. The molecule has 5 nitrogen and oxygen atoms in total. The van der Waals surface area contributed by atoms with Crippen LogP contribution < -0.4 is 10.5 Å². The first-order valence-electron chi connectivity index (χ1n) is 8.06. The number of hydrogen-bond acceptors (Lipinski definition) is 4. The molecule has 0 atom stereocenters. The summed E-state index contributed by atoms with van der Waals surface area (Å²) in [5, 5.41) is 0. The van der Waals surface area contributed by atoms with Crippen LogP contribution in [0.3, 0.4) is 0 Å². The van der Waals surface area contributed by atoms with Crippen LogP contribution in [0.2, 0.25) is 0 Å². The van der Waals surface area contributed by atoms with Crippen molar-refractivity contribution < 1.29 is 9.53 Å². The predicted molar refractivity (Wildman–Crippen MR) is 90.2 cm³/mol. The van der Waals surface area contributed by atoms with Crippen LogP contribution in [-0.2, 0) is 0 Å². The number of primary amides is 1. The molecular weight excluding hydrogens is 290 g/mol. The second-order valence-electron chi connectivity index (χ2n) is 5.45. The number of hydrogen-bond donors (Lipinski definition) is 1. The van der Waals surface area contributed by atoms with Crippen molar-refractivity contribution in [3.05, 3.63) is 42.2 Å². The van der Waals surface area contributed by atoms with Crippen LogP contribution in [-0.4, -0.2) is 22.5 Å². The Labute approximate surface area is 136 Å². The van der Waals surface area contributed by atoms with Crippen LogP contribution >= 0.6 is 0 Å². The lowest BCUT2D eigenvalue weighted by Crippen LogP contribution is -2.11. The van der Waals surface area contributed by atoms with E-state index in [1.807, 2.05) is 24.3 Å². The van der Waals surface area contributed by atoms with Gasteiger partial charge in [0.1, 0.15) is 5.75 Å². The summed E-state index contributed by atoms with van der Waals surface area (Å²) in [4.78, 5) is 19.3. The lowest BCUT2D eigenvalue weighted by atomic mass is 10.2. The molecule has 23 heavy (non-hydrogen) atoms. The molecule has 0 unspecified atom stereocenters. The van der Waals surface area contributed by atoms with Gasteiger partial charge in [0.15, 0.2) is 5.82 Å². The molecule has 0 spiro atoms. The van der Waals surface area contributed by atoms with Gasteiger partial charge in [-0.25, -0.2) is 9.97 Å². The maximum absolute atomic E-state index is 11.0. The number of aromatic nitrogens is 2. The number of rotatable bonds is 9. The topological polar surface area (TPSA) is 78.1 Å². The van der Waals surface area contributed by atoms with E-state index in [0.717, 1.165) is 24.3 Å². The monoisotopic (exact) mass is 313 g/mol. The van der Waals surface area contributed by atoms with Gasteiger partial charge in [0.05, 0.1) is 12.2 Å². The first kappa shape index (κ1) is 16.9. The van der Waals surface area contributed by atoms with Gasteiger partial charge in [0, 0.05) is 18.0 Å². The zero-order valence-electron chi connectivity index (χ0n) is 13.5. The zero-order valence-corrected chi connectivity index (χ0v) is 13.5. The predicted octanol–water partition coefficient (Wildman–Crippen LogP) is 3.59. The summed E-state index contributed by atoms with van der Waals surface area (Å²) < 4.78 is 5.73. The molecule has 0 aliphatic carbocycles. The van der Waals surface area contributed by atoms with Crippen molar-refractivity contribution in [2.45, 2.75) is 39.0 Å². The Morgan fingerprint density at radius 1 is 1.04 bits per heavy atom. The third-order valence-electron chi connectivity index (χ3n) is 3.57. The molecule has 1 aromatic carbocycles. The van der Waals surface area contributed by atoms with Crippen molar-refractivity contribution >= 4 is 5.91 Å². The van der Waals surface area contributed by atoms with Gasteiger partial charge >= 0.3 is 0 Å². The largest absolute Gasteiger partial charge is 0.494 e. The van der Waals surface area contributed by atoms with E-state index in [9.17, 15) is 4.79 Å². The second kappa shape index (κ2) is 8.88. The summed E-state index contributed by atoms with van der Waals surface area (Å²) in [5.74, 6) is 0.873. The molecule has 1 amide bonds. The fourth-order valence-corrected chi connectivity index (χ4v) is 2.20. The third-order valence-corrected chi connectivity index (χ3v) is 3.57. The van der Waals surface area contributed by atoms with E-state index in [4.69, 9.17) is 10.5 Å². The van der Waals surface area contributed by atoms with Crippen molar-refractivity contribution in [2.75, 3.05) is 6.61 Å². The van der Waals surface area contributed by atoms with E-state index in [2.05, 4.69) is 16.9 Å². The van der Waals surface area contributed by atoms with Crippen molar-refractivity contribution in [1.29, 1.82) is 0 Å². The first-order valence-corrected chi connectivity index (χ1v) is 8.06. The van der Waals surface area contributed by atoms with Crippen LogP contribution in [0.4, 0.5) is 0 Å². The molecule has 0 saturated heterocycles. The molecular formula is C18H23N3O2. The number of carbonyl (C=O) groups is 1. The summed E-state index contributed by atoms with van der Waals surface area (Å²) in [7, 11) is 0. The summed E-state index contributed by atoms with van der Waals surface area (Å²) in [6.07, 6.45) is 8.99. The van der Waals surface area contributed by atoms with Gasteiger partial charge < -0.3 is 10.5 Å². The van der Waals surface area contributed by atoms with Gasteiger partial charge in [0.2, 0.25) is 0 Å². The van der Waals surface area contributed by atoms with Crippen molar-refractivity contribution in [2.24, 2.45) is 5.73 Å². The highest BCUT2D eigenvalue weighted by atomic mass is 16.5. The summed E-state index contributed by atoms with van der Waals surface area (Å²) in [6.45, 7) is 2.95. The molecule has 0 aliphatic heterocycles. The number of carbonyl (C=O) groups excluding carboxylic acids is 1. The molecule has 2 rings (SSSR count). The normalized spacial score (nSPS) is 10.5. The average Bonchev–Trinajstić information content (AvgIpc) is 2.58. The van der Waals surface area contributed by atoms with Gasteiger partial charge in [-0.1, -0.05) is 32.6 Å². The quantitative estimate of drug-likeness (QED) is 0.718. The number of unbranched alkanes of at least 4 members (excludes halogenated alkanes) is 4. The smallest absolute Gasteiger partial charge is 0.251 e. The fourth-order valence-electron chi connectivity index (χ4n) is 2.20. The molecule has 0 saturated carbocycles. The highest BCUT2D eigenvalue weighted by Gasteiger charge is 2.05. The van der Waals surface area contributed by atoms with E-state index < -0.39 is 5.91 Å². The molecule has 0 radical (unpaired) electrons. The Kier molecular flexibility index (Phi) is 6.54. The zero-order chi connectivity index (χ0) is 16.5. The number of nitrogens with zero attached hydrogens (tertiary/aromatic N) is 2. The minimum absolute atomic E-state index is 0.303. The Bertz CT molecular complexity index is 609.